The summed E-state index contributed by atoms with van der Waals surface area (Å²) in [5.74, 6) is 1.47. The number of hydrogen-bond donors (Lipinski definition) is 2. The molecule has 0 aromatic carbocycles. The van der Waals surface area contributed by atoms with Gasteiger partial charge in [0.1, 0.15) is 16.8 Å². The Morgan fingerprint density at radius 1 is 1.33 bits per heavy atom. The molecule has 1 heterocycles. The van der Waals surface area contributed by atoms with Gasteiger partial charge in [-0.2, -0.15) is 0 Å². The van der Waals surface area contributed by atoms with Crippen LogP contribution in [0.5, 0.6) is 0 Å². The minimum Gasteiger partial charge on any atom is -0.396 e. The van der Waals surface area contributed by atoms with Crippen LogP contribution in [-0.4, -0.2) is 28.2 Å². The van der Waals surface area contributed by atoms with Crippen molar-refractivity contribution in [1.82, 2.24) is 9.97 Å². The monoisotopic (exact) mass is 271 g/mol. The maximum Gasteiger partial charge on any atom is 0.138 e. The third-order valence-corrected chi connectivity index (χ3v) is 3.26. The fourth-order valence-electron chi connectivity index (χ4n) is 1.74. The maximum atomic E-state index is 9.01. The van der Waals surface area contributed by atoms with E-state index in [0.29, 0.717) is 11.0 Å². The van der Waals surface area contributed by atoms with Crippen molar-refractivity contribution >= 4 is 17.4 Å². The lowest BCUT2D eigenvalue weighted by molar-refractivity contribution is 0.220. The number of aliphatic hydroxyl groups excluding tert-OH is 1. The fraction of sp³-hybridized carbons (Fsp3) is 0.692. The largest absolute Gasteiger partial charge is 0.396 e. The van der Waals surface area contributed by atoms with E-state index in [-0.39, 0.29) is 12.0 Å². The normalized spacial score (nSPS) is 11.7. The SMILES string of the molecule is CCc1c(Cl)nc(C)nc1NCC(C)(C)CCO. The van der Waals surface area contributed by atoms with E-state index in [9.17, 15) is 0 Å². The summed E-state index contributed by atoms with van der Waals surface area (Å²) in [6.07, 6.45) is 1.54. The number of nitrogens with zero attached hydrogens (tertiary/aromatic N) is 2. The van der Waals surface area contributed by atoms with E-state index < -0.39 is 0 Å². The highest BCUT2D eigenvalue weighted by Gasteiger charge is 2.18. The Hall–Kier alpha value is -0.870. The molecule has 2 N–H and O–H groups in total. The Morgan fingerprint density at radius 3 is 2.56 bits per heavy atom. The number of anilines is 1. The van der Waals surface area contributed by atoms with Crippen molar-refractivity contribution in [2.45, 2.75) is 40.5 Å². The Bertz CT molecular complexity index is 407. The quantitative estimate of drug-likeness (QED) is 0.781. The fourth-order valence-corrected chi connectivity index (χ4v) is 2.08. The molecule has 102 valence electrons. The van der Waals surface area contributed by atoms with Crippen LogP contribution < -0.4 is 5.32 Å². The van der Waals surface area contributed by atoms with Gasteiger partial charge in [-0.1, -0.05) is 32.4 Å². The molecule has 0 aliphatic carbocycles. The molecule has 0 radical (unpaired) electrons. The van der Waals surface area contributed by atoms with Gasteiger partial charge in [0.05, 0.1) is 0 Å². The second-order valence-electron chi connectivity index (χ2n) is 5.23. The first-order valence-electron chi connectivity index (χ1n) is 6.27. The highest BCUT2D eigenvalue weighted by molar-refractivity contribution is 6.30. The van der Waals surface area contributed by atoms with E-state index >= 15 is 0 Å². The van der Waals surface area contributed by atoms with E-state index in [4.69, 9.17) is 16.7 Å². The lowest BCUT2D eigenvalue weighted by Crippen LogP contribution is -2.25. The molecule has 1 aromatic heterocycles. The lowest BCUT2D eigenvalue weighted by atomic mass is 9.90. The molecular weight excluding hydrogens is 250 g/mol. The molecule has 18 heavy (non-hydrogen) atoms. The van der Waals surface area contributed by atoms with Crippen molar-refractivity contribution < 1.29 is 5.11 Å². The smallest absolute Gasteiger partial charge is 0.138 e. The number of nitrogens with one attached hydrogen (secondary N) is 1. The molecule has 1 aromatic rings. The third kappa shape index (κ3) is 4.10. The molecule has 4 nitrogen and oxygen atoms in total. The molecule has 0 saturated heterocycles. The summed E-state index contributed by atoms with van der Waals surface area (Å²) >= 11 is 6.11. The van der Waals surface area contributed by atoms with Gasteiger partial charge in [-0.3, -0.25) is 0 Å². The van der Waals surface area contributed by atoms with Gasteiger partial charge in [-0.05, 0) is 25.2 Å². The number of aryl methyl sites for hydroxylation is 1. The number of aromatic nitrogens is 2. The van der Waals surface area contributed by atoms with Gasteiger partial charge in [0.15, 0.2) is 0 Å². The van der Waals surface area contributed by atoms with Crippen LogP contribution in [0.25, 0.3) is 0 Å². The van der Waals surface area contributed by atoms with Crippen LogP contribution in [0.1, 0.15) is 38.6 Å². The number of hydrogen-bond acceptors (Lipinski definition) is 4. The van der Waals surface area contributed by atoms with Crippen molar-refractivity contribution in [3.63, 3.8) is 0 Å². The van der Waals surface area contributed by atoms with Gasteiger partial charge >= 0.3 is 0 Å². The number of aliphatic hydroxyl groups is 1. The Labute approximate surface area is 114 Å². The molecule has 5 heteroatoms. The zero-order chi connectivity index (χ0) is 13.8. The average molecular weight is 272 g/mol. The first-order valence-corrected chi connectivity index (χ1v) is 6.65. The molecule has 0 aliphatic rings. The topological polar surface area (TPSA) is 58.0 Å². The minimum absolute atomic E-state index is 0.0189. The molecule has 0 fully saturated rings. The number of rotatable bonds is 6. The lowest BCUT2D eigenvalue weighted by Gasteiger charge is -2.25. The second-order valence-corrected chi connectivity index (χ2v) is 5.59. The summed E-state index contributed by atoms with van der Waals surface area (Å²) in [4.78, 5) is 8.56. The summed E-state index contributed by atoms with van der Waals surface area (Å²) < 4.78 is 0. The molecule has 0 aliphatic heterocycles. The average Bonchev–Trinajstić information content (AvgIpc) is 2.26. The Morgan fingerprint density at radius 2 is 2.00 bits per heavy atom. The van der Waals surface area contributed by atoms with Crippen molar-refractivity contribution in [1.29, 1.82) is 0 Å². The van der Waals surface area contributed by atoms with Crippen LogP contribution in [0.3, 0.4) is 0 Å². The standard InChI is InChI=1S/C13H22ClN3O/c1-5-10-11(14)16-9(2)17-12(10)15-8-13(3,4)6-7-18/h18H,5-8H2,1-4H3,(H,15,16,17). The summed E-state index contributed by atoms with van der Waals surface area (Å²) in [5.41, 5.74) is 0.965. The summed E-state index contributed by atoms with van der Waals surface area (Å²) in [6.45, 7) is 9.01. The summed E-state index contributed by atoms with van der Waals surface area (Å²) in [7, 11) is 0. The molecule has 0 saturated carbocycles. The molecule has 0 atom stereocenters. The van der Waals surface area contributed by atoms with E-state index in [1.807, 2.05) is 13.8 Å². The van der Waals surface area contributed by atoms with Gasteiger partial charge in [0.25, 0.3) is 0 Å². The van der Waals surface area contributed by atoms with Crippen LogP contribution in [-0.2, 0) is 6.42 Å². The molecular formula is C13H22ClN3O. The van der Waals surface area contributed by atoms with Crippen LogP contribution in [0, 0.1) is 12.3 Å². The predicted molar refractivity (Wildman–Crippen MR) is 75.1 cm³/mol. The summed E-state index contributed by atoms with van der Waals surface area (Å²) in [6, 6.07) is 0. The van der Waals surface area contributed by atoms with Crippen LogP contribution in [0.4, 0.5) is 5.82 Å². The molecule has 0 unspecified atom stereocenters. The number of halogens is 1. The molecule has 0 bridgehead atoms. The Kier molecular flexibility index (Phi) is 5.35. The van der Waals surface area contributed by atoms with Crippen molar-refractivity contribution in [3.8, 4) is 0 Å². The van der Waals surface area contributed by atoms with Crippen molar-refractivity contribution in [2.24, 2.45) is 5.41 Å². The van der Waals surface area contributed by atoms with Crippen LogP contribution in [0.15, 0.2) is 0 Å². The second kappa shape index (κ2) is 6.34. The molecule has 0 spiro atoms. The van der Waals surface area contributed by atoms with Crippen molar-refractivity contribution in [2.75, 3.05) is 18.5 Å². The third-order valence-electron chi connectivity index (χ3n) is 2.94. The Balaban J connectivity index is 2.84. The minimum atomic E-state index is 0.0189. The maximum absolute atomic E-state index is 9.01. The van der Waals surface area contributed by atoms with Gasteiger partial charge in [-0.25, -0.2) is 9.97 Å². The van der Waals surface area contributed by atoms with Gasteiger partial charge < -0.3 is 10.4 Å². The van der Waals surface area contributed by atoms with E-state index in [1.165, 1.54) is 0 Å². The van der Waals surface area contributed by atoms with E-state index in [1.54, 1.807) is 0 Å². The molecule has 1 rings (SSSR count). The highest BCUT2D eigenvalue weighted by atomic mass is 35.5. The van der Waals surface area contributed by atoms with Gasteiger partial charge in [-0.15, -0.1) is 0 Å². The first kappa shape index (κ1) is 15.2. The zero-order valence-corrected chi connectivity index (χ0v) is 12.3. The van der Waals surface area contributed by atoms with Gasteiger partial charge in [0.2, 0.25) is 0 Å². The predicted octanol–water partition coefficient (Wildman–Crippen LogP) is 2.82. The van der Waals surface area contributed by atoms with Crippen LogP contribution >= 0.6 is 11.6 Å². The van der Waals surface area contributed by atoms with E-state index in [0.717, 1.165) is 30.8 Å². The zero-order valence-electron chi connectivity index (χ0n) is 11.5. The summed E-state index contributed by atoms with van der Waals surface area (Å²) in [5, 5.41) is 12.9. The highest BCUT2D eigenvalue weighted by Crippen LogP contribution is 2.25. The van der Waals surface area contributed by atoms with E-state index in [2.05, 4.69) is 29.1 Å². The molecule has 0 amide bonds. The first-order chi connectivity index (χ1) is 8.39. The van der Waals surface area contributed by atoms with Crippen LogP contribution in [0.2, 0.25) is 5.15 Å². The van der Waals surface area contributed by atoms with Crippen molar-refractivity contribution in [3.05, 3.63) is 16.5 Å². The van der Waals surface area contributed by atoms with Gasteiger partial charge in [0, 0.05) is 18.7 Å².